The molecule has 104 valence electrons. The van der Waals surface area contributed by atoms with Crippen molar-refractivity contribution in [3.63, 3.8) is 0 Å². The fourth-order valence-corrected chi connectivity index (χ4v) is 2.25. The van der Waals surface area contributed by atoms with Gasteiger partial charge in [0.2, 0.25) is 0 Å². The highest BCUT2D eigenvalue weighted by molar-refractivity contribution is 5.75. The van der Waals surface area contributed by atoms with Crippen molar-refractivity contribution in [1.29, 1.82) is 0 Å². The van der Waals surface area contributed by atoms with E-state index in [4.69, 9.17) is 0 Å². The molecular formula is C14H20FN3O. The van der Waals surface area contributed by atoms with Crippen LogP contribution in [-0.4, -0.2) is 37.1 Å². The monoisotopic (exact) mass is 265 g/mol. The number of rotatable bonds is 2. The maximum absolute atomic E-state index is 13.8. The summed E-state index contributed by atoms with van der Waals surface area (Å²) in [5.41, 5.74) is -0.230. The molecule has 0 radical (unpaired) electrons. The molecule has 2 rings (SSSR count). The van der Waals surface area contributed by atoms with Crippen LogP contribution in [0.1, 0.15) is 19.4 Å². The molecule has 0 bridgehead atoms. The molecule has 1 aliphatic heterocycles. The highest BCUT2D eigenvalue weighted by Crippen LogP contribution is 2.23. The molecule has 2 amide bonds. The zero-order chi connectivity index (χ0) is 13.9. The molecule has 0 unspecified atom stereocenters. The van der Waals surface area contributed by atoms with Gasteiger partial charge in [-0.3, -0.25) is 0 Å². The molecule has 0 atom stereocenters. The molecule has 5 heteroatoms. The normalized spacial score (nSPS) is 16.3. The highest BCUT2D eigenvalue weighted by atomic mass is 19.1. The van der Waals surface area contributed by atoms with Gasteiger partial charge in [-0.1, -0.05) is 18.2 Å². The molecule has 1 heterocycles. The quantitative estimate of drug-likeness (QED) is 0.854. The van der Waals surface area contributed by atoms with E-state index in [0.29, 0.717) is 18.7 Å². The lowest BCUT2D eigenvalue weighted by atomic mass is 9.94. The molecule has 1 fully saturated rings. The SMILES string of the molecule is CC(C)(NC(=O)N1CCNCC1)c1ccccc1F. The number of amides is 2. The van der Waals surface area contributed by atoms with E-state index >= 15 is 0 Å². The largest absolute Gasteiger partial charge is 0.329 e. The van der Waals surface area contributed by atoms with Crippen molar-refractivity contribution in [3.05, 3.63) is 35.6 Å². The van der Waals surface area contributed by atoms with Gasteiger partial charge in [0, 0.05) is 31.7 Å². The van der Waals surface area contributed by atoms with Gasteiger partial charge in [0.15, 0.2) is 0 Å². The zero-order valence-electron chi connectivity index (χ0n) is 11.4. The van der Waals surface area contributed by atoms with Crippen LogP contribution < -0.4 is 10.6 Å². The van der Waals surface area contributed by atoms with Crippen LogP contribution in [0.2, 0.25) is 0 Å². The second-order valence-corrected chi connectivity index (χ2v) is 5.27. The number of nitrogens with zero attached hydrogens (tertiary/aromatic N) is 1. The molecule has 4 nitrogen and oxygen atoms in total. The maximum atomic E-state index is 13.8. The minimum atomic E-state index is -0.729. The Morgan fingerprint density at radius 2 is 1.95 bits per heavy atom. The average molecular weight is 265 g/mol. The van der Waals surface area contributed by atoms with E-state index in [2.05, 4.69) is 10.6 Å². The number of carbonyl (C=O) groups excluding carboxylic acids is 1. The van der Waals surface area contributed by atoms with E-state index in [-0.39, 0.29) is 11.8 Å². The topological polar surface area (TPSA) is 44.4 Å². The molecule has 2 N–H and O–H groups in total. The molecule has 0 aromatic heterocycles. The Morgan fingerprint density at radius 1 is 1.32 bits per heavy atom. The zero-order valence-corrected chi connectivity index (χ0v) is 11.4. The fraction of sp³-hybridized carbons (Fsp3) is 0.500. The van der Waals surface area contributed by atoms with E-state index in [1.807, 2.05) is 13.8 Å². The Labute approximate surface area is 113 Å². The highest BCUT2D eigenvalue weighted by Gasteiger charge is 2.28. The van der Waals surface area contributed by atoms with Gasteiger partial charge in [0.25, 0.3) is 0 Å². The number of halogens is 1. The van der Waals surface area contributed by atoms with E-state index in [0.717, 1.165) is 13.1 Å². The first kappa shape index (κ1) is 13.8. The lowest BCUT2D eigenvalue weighted by molar-refractivity contribution is 0.179. The van der Waals surface area contributed by atoms with E-state index in [1.54, 1.807) is 23.1 Å². The van der Waals surface area contributed by atoms with Crippen molar-refractivity contribution in [3.8, 4) is 0 Å². The molecule has 1 aromatic carbocycles. The molecule has 1 aromatic rings. The van der Waals surface area contributed by atoms with Crippen LogP contribution in [0.3, 0.4) is 0 Å². The summed E-state index contributed by atoms with van der Waals surface area (Å²) in [6, 6.07) is 6.39. The van der Waals surface area contributed by atoms with Crippen molar-refractivity contribution < 1.29 is 9.18 Å². The summed E-state index contributed by atoms with van der Waals surface area (Å²) in [6.07, 6.45) is 0. The van der Waals surface area contributed by atoms with Crippen LogP contribution in [0.25, 0.3) is 0 Å². The van der Waals surface area contributed by atoms with Gasteiger partial charge >= 0.3 is 6.03 Å². The summed E-state index contributed by atoms with van der Waals surface area (Å²) in [5.74, 6) is -0.298. The van der Waals surface area contributed by atoms with Crippen molar-refractivity contribution in [1.82, 2.24) is 15.5 Å². The maximum Gasteiger partial charge on any atom is 0.318 e. The number of urea groups is 1. The van der Waals surface area contributed by atoms with Crippen LogP contribution in [0, 0.1) is 5.82 Å². The van der Waals surface area contributed by atoms with Gasteiger partial charge in [-0.2, -0.15) is 0 Å². The van der Waals surface area contributed by atoms with E-state index in [1.165, 1.54) is 6.07 Å². The Kier molecular flexibility index (Phi) is 4.04. The average Bonchev–Trinajstić information content (AvgIpc) is 2.39. The third-order valence-corrected chi connectivity index (χ3v) is 3.37. The Bertz CT molecular complexity index is 456. The van der Waals surface area contributed by atoms with Gasteiger partial charge in [-0.25, -0.2) is 9.18 Å². The number of hydrogen-bond acceptors (Lipinski definition) is 2. The summed E-state index contributed by atoms with van der Waals surface area (Å²) in [5, 5.41) is 6.09. The van der Waals surface area contributed by atoms with Crippen LogP contribution >= 0.6 is 0 Å². The minimum Gasteiger partial charge on any atom is -0.329 e. The van der Waals surface area contributed by atoms with Crippen molar-refractivity contribution >= 4 is 6.03 Å². The summed E-state index contributed by atoms with van der Waals surface area (Å²) in [6.45, 7) is 6.58. The second kappa shape index (κ2) is 5.57. The van der Waals surface area contributed by atoms with Crippen LogP contribution in [-0.2, 0) is 5.54 Å². The van der Waals surface area contributed by atoms with Crippen molar-refractivity contribution in [2.45, 2.75) is 19.4 Å². The molecule has 1 saturated heterocycles. The minimum absolute atomic E-state index is 0.144. The van der Waals surface area contributed by atoms with Gasteiger partial charge < -0.3 is 15.5 Å². The van der Waals surface area contributed by atoms with Gasteiger partial charge in [-0.05, 0) is 19.9 Å². The number of hydrogen-bond donors (Lipinski definition) is 2. The third-order valence-electron chi connectivity index (χ3n) is 3.37. The summed E-state index contributed by atoms with van der Waals surface area (Å²) in [4.78, 5) is 13.9. The number of nitrogens with one attached hydrogen (secondary N) is 2. The second-order valence-electron chi connectivity index (χ2n) is 5.27. The summed E-state index contributed by atoms with van der Waals surface area (Å²) in [7, 11) is 0. The predicted molar refractivity (Wildman–Crippen MR) is 72.4 cm³/mol. The van der Waals surface area contributed by atoms with Crippen LogP contribution in [0.4, 0.5) is 9.18 Å². The standard InChI is InChI=1S/C14H20FN3O/c1-14(2,11-5-3-4-6-12(11)15)17-13(19)18-9-7-16-8-10-18/h3-6,16H,7-10H2,1-2H3,(H,17,19). The van der Waals surface area contributed by atoms with Crippen molar-refractivity contribution in [2.75, 3.05) is 26.2 Å². The molecule has 19 heavy (non-hydrogen) atoms. The van der Waals surface area contributed by atoms with Crippen LogP contribution in [0.5, 0.6) is 0 Å². The van der Waals surface area contributed by atoms with Gasteiger partial charge in [0.05, 0.1) is 5.54 Å². The molecule has 0 aliphatic carbocycles. The predicted octanol–water partition coefficient (Wildman–Crippen LogP) is 1.68. The fourth-order valence-electron chi connectivity index (χ4n) is 2.25. The third kappa shape index (κ3) is 3.23. The number of benzene rings is 1. The Hall–Kier alpha value is -1.62. The van der Waals surface area contributed by atoms with Gasteiger partial charge in [0.1, 0.15) is 5.82 Å². The molecule has 0 spiro atoms. The number of piperazine rings is 1. The van der Waals surface area contributed by atoms with E-state index < -0.39 is 5.54 Å². The Morgan fingerprint density at radius 3 is 2.58 bits per heavy atom. The summed E-state index contributed by atoms with van der Waals surface area (Å²) < 4.78 is 13.8. The first-order valence-electron chi connectivity index (χ1n) is 6.53. The first-order valence-corrected chi connectivity index (χ1v) is 6.53. The molecule has 0 saturated carbocycles. The first-order chi connectivity index (χ1) is 9.00. The van der Waals surface area contributed by atoms with Crippen molar-refractivity contribution in [2.24, 2.45) is 0 Å². The lowest BCUT2D eigenvalue weighted by Gasteiger charge is -2.33. The van der Waals surface area contributed by atoms with Crippen LogP contribution in [0.15, 0.2) is 24.3 Å². The van der Waals surface area contributed by atoms with Gasteiger partial charge in [-0.15, -0.1) is 0 Å². The summed E-state index contributed by atoms with van der Waals surface area (Å²) >= 11 is 0. The number of carbonyl (C=O) groups is 1. The smallest absolute Gasteiger partial charge is 0.318 e. The molecular weight excluding hydrogens is 245 g/mol. The Balaban J connectivity index is 2.08. The van der Waals surface area contributed by atoms with E-state index in [9.17, 15) is 9.18 Å². The lowest BCUT2D eigenvalue weighted by Crippen LogP contribution is -2.54. The molecule has 1 aliphatic rings.